The van der Waals surface area contributed by atoms with E-state index in [-0.39, 0.29) is 24.2 Å². The van der Waals surface area contributed by atoms with Crippen molar-refractivity contribution in [1.82, 2.24) is 0 Å². The number of ether oxygens (including phenoxy) is 1. The molecule has 1 atom stereocenters. The van der Waals surface area contributed by atoms with Gasteiger partial charge >= 0.3 is 0 Å². The Bertz CT molecular complexity index is 316. The summed E-state index contributed by atoms with van der Waals surface area (Å²) in [6, 6.07) is 10.1. The maximum Gasteiger partial charge on any atom is 0.220 e. The van der Waals surface area contributed by atoms with Crippen LogP contribution in [-0.2, 0) is 16.0 Å². The fourth-order valence-corrected chi connectivity index (χ4v) is 1.67. The lowest BCUT2D eigenvalue weighted by atomic mass is 9.96. The zero-order valence-electron chi connectivity index (χ0n) is 10.1. The van der Waals surface area contributed by atoms with Crippen LogP contribution in [0.2, 0.25) is 0 Å². The number of carbonyl (C=O) groups excluding carboxylic acids is 1. The van der Waals surface area contributed by atoms with E-state index >= 15 is 0 Å². The van der Waals surface area contributed by atoms with Gasteiger partial charge in [0.15, 0.2) is 0 Å². The van der Waals surface area contributed by atoms with E-state index in [0.29, 0.717) is 13.0 Å². The molecular formula is C13H20ClNO2. The molecule has 96 valence electrons. The highest BCUT2D eigenvalue weighted by atomic mass is 35.5. The van der Waals surface area contributed by atoms with E-state index in [9.17, 15) is 4.79 Å². The van der Waals surface area contributed by atoms with Gasteiger partial charge in [-0.1, -0.05) is 30.3 Å². The Hall–Kier alpha value is -1.06. The summed E-state index contributed by atoms with van der Waals surface area (Å²) in [6.45, 7) is 0.586. The predicted molar refractivity (Wildman–Crippen MR) is 71.2 cm³/mol. The highest BCUT2D eigenvalue weighted by Gasteiger charge is 2.14. The van der Waals surface area contributed by atoms with Crippen molar-refractivity contribution in [2.24, 2.45) is 11.7 Å². The normalized spacial score (nSPS) is 11.6. The average Bonchev–Trinajstić information content (AvgIpc) is 2.30. The fourth-order valence-electron chi connectivity index (χ4n) is 1.67. The molecule has 0 aliphatic rings. The lowest BCUT2D eigenvalue weighted by molar-refractivity contribution is -0.122. The van der Waals surface area contributed by atoms with Crippen LogP contribution in [0.5, 0.6) is 0 Å². The third kappa shape index (κ3) is 6.29. The van der Waals surface area contributed by atoms with Crippen molar-refractivity contribution in [3.63, 3.8) is 0 Å². The SMILES string of the molecule is COCCC(CCc1ccccc1)C(N)=O.Cl. The molecule has 17 heavy (non-hydrogen) atoms. The van der Waals surface area contributed by atoms with Gasteiger partial charge in [-0.05, 0) is 24.8 Å². The zero-order valence-corrected chi connectivity index (χ0v) is 10.9. The smallest absolute Gasteiger partial charge is 0.220 e. The molecule has 2 N–H and O–H groups in total. The molecule has 1 aromatic rings. The Morgan fingerprint density at radius 3 is 2.47 bits per heavy atom. The van der Waals surface area contributed by atoms with E-state index in [1.54, 1.807) is 7.11 Å². The van der Waals surface area contributed by atoms with Gasteiger partial charge < -0.3 is 10.5 Å². The minimum Gasteiger partial charge on any atom is -0.385 e. The van der Waals surface area contributed by atoms with Gasteiger partial charge in [0.2, 0.25) is 5.91 Å². The minimum atomic E-state index is -0.229. The second kappa shape index (κ2) is 9.02. The van der Waals surface area contributed by atoms with Crippen LogP contribution in [-0.4, -0.2) is 19.6 Å². The van der Waals surface area contributed by atoms with Gasteiger partial charge in [0.05, 0.1) is 0 Å². The molecule has 1 unspecified atom stereocenters. The van der Waals surface area contributed by atoms with Crippen molar-refractivity contribution in [2.75, 3.05) is 13.7 Å². The first-order valence-corrected chi connectivity index (χ1v) is 5.56. The fraction of sp³-hybridized carbons (Fsp3) is 0.462. The lowest BCUT2D eigenvalue weighted by Gasteiger charge is -2.12. The Kier molecular flexibility index (Phi) is 8.46. The Labute approximate surface area is 109 Å². The summed E-state index contributed by atoms with van der Waals surface area (Å²) in [7, 11) is 1.63. The van der Waals surface area contributed by atoms with Crippen LogP contribution in [0.1, 0.15) is 18.4 Å². The number of halogens is 1. The Morgan fingerprint density at radius 1 is 1.29 bits per heavy atom. The molecule has 0 bridgehead atoms. The first-order chi connectivity index (χ1) is 7.74. The maximum atomic E-state index is 11.2. The summed E-state index contributed by atoms with van der Waals surface area (Å²) in [4.78, 5) is 11.2. The third-order valence-electron chi connectivity index (χ3n) is 2.70. The molecule has 3 nitrogen and oxygen atoms in total. The first-order valence-electron chi connectivity index (χ1n) is 5.56. The second-order valence-corrected chi connectivity index (χ2v) is 3.91. The molecule has 1 amide bonds. The van der Waals surface area contributed by atoms with Crippen molar-refractivity contribution in [2.45, 2.75) is 19.3 Å². The molecule has 0 saturated heterocycles. The van der Waals surface area contributed by atoms with E-state index in [1.165, 1.54) is 5.56 Å². The van der Waals surface area contributed by atoms with Crippen molar-refractivity contribution in [3.8, 4) is 0 Å². The number of hydrogen-bond acceptors (Lipinski definition) is 2. The molecule has 4 heteroatoms. The Balaban J connectivity index is 0.00000256. The third-order valence-corrected chi connectivity index (χ3v) is 2.70. The first kappa shape index (κ1) is 15.9. The molecule has 0 fully saturated rings. The monoisotopic (exact) mass is 257 g/mol. The summed E-state index contributed by atoms with van der Waals surface area (Å²) >= 11 is 0. The van der Waals surface area contributed by atoms with Crippen molar-refractivity contribution >= 4 is 18.3 Å². The van der Waals surface area contributed by atoms with Gasteiger partial charge in [0, 0.05) is 19.6 Å². The number of primary amides is 1. The molecule has 0 heterocycles. The van der Waals surface area contributed by atoms with Crippen LogP contribution in [0.4, 0.5) is 0 Å². The summed E-state index contributed by atoms with van der Waals surface area (Å²) in [6.07, 6.45) is 2.39. The molecule has 0 spiro atoms. The van der Waals surface area contributed by atoms with Crippen LogP contribution in [0, 0.1) is 5.92 Å². The second-order valence-electron chi connectivity index (χ2n) is 3.91. The summed E-state index contributed by atoms with van der Waals surface area (Å²) in [5.74, 6) is -0.312. The van der Waals surface area contributed by atoms with Gasteiger partial charge in [-0.15, -0.1) is 12.4 Å². The number of rotatable bonds is 7. The number of benzene rings is 1. The van der Waals surface area contributed by atoms with Crippen molar-refractivity contribution < 1.29 is 9.53 Å². The number of hydrogen-bond donors (Lipinski definition) is 1. The van der Waals surface area contributed by atoms with Crippen LogP contribution >= 0.6 is 12.4 Å². The number of amides is 1. The summed E-state index contributed by atoms with van der Waals surface area (Å²) < 4.78 is 4.97. The van der Waals surface area contributed by atoms with Crippen molar-refractivity contribution in [1.29, 1.82) is 0 Å². The molecule has 0 aliphatic carbocycles. The molecule has 0 aromatic heterocycles. The molecule has 0 saturated carbocycles. The number of nitrogens with two attached hydrogens (primary N) is 1. The topological polar surface area (TPSA) is 52.3 Å². The quantitative estimate of drug-likeness (QED) is 0.814. The van der Waals surface area contributed by atoms with Crippen LogP contribution in [0.3, 0.4) is 0 Å². The van der Waals surface area contributed by atoms with Crippen LogP contribution in [0.15, 0.2) is 30.3 Å². The Morgan fingerprint density at radius 2 is 1.94 bits per heavy atom. The standard InChI is InChI=1S/C13H19NO2.ClH/c1-16-10-9-12(13(14)15)8-7-11-5-3-2-4-6-11;/h2-6,12H,7-10H2,1H3,(H2,14,15);1H. The lowest BCUT2D eigenvalue weighted by Crippen LogP contribution is -2.25. The van der Waals surface area contributed by atoms with E-state index < -0.39 is 0 Å². The molecular weight excluding hydrogens is 238 g/mol. The van der Waals surface area contributed by atoms with E-state index in [1.807, 2.05) is 18.2 Å². The highest BCUT2D eigenvalue weighted by Crippen LogP contribution is 2.13. The van der Waals surface area contributed by atoms with Gasteiger partial charge in [-0.25, -0.2) is 0 Å². The molecule has 0 radical (unpaired) electrons. The van der Waals surface area contributed by atoms with E-state index in [0.717, 1.165) is 12.8 Å². The highest BCUT2D eigenvalue weighted by molar-refractivity contribution is 5.85. The number of methoxy groups -OCH3 is 1. The largest absolute Gasteiger partial charge is 0.385 e. The van der Waals surface area contributed by atoms with Crippen molar-refractivity contribution in [3.05, 3.63) is 35.9 Å². The van der Waals surface area contributed by atoms with E-state index in [4.69, 9.17) is 10.5 Å². The van der Waals surface area contributed by atoms with E-state index in [2.05, 4.69) is 12.1 Å². The molecule has 1 rings (SSSR count). The predicted octanol–water partition coefficient (Wildman–Crippen LogP) is 2.18. The van der Waals surface area contributed by atoms with Gasteiger partial charge in [-0.3, -0.25) is 4.79 Å². The maximum absolute atomic E-state index is 11.2. The van der Waals surface area contributed by atoms with Gasteiger partial charge in [0.1, 0.15) is 0 Å². The minimum absolute atomic E-state index is 0. The van der Waals surface area contributed by atoms with Crippen LogP contribution in [0.25, 0.3) is 0 Å². The number of aryl methyl sites for hydroxylation is 1. The summed E-state index contributed by atoms with van der Waals surface area (Å²) in [5, 5.41) is 0. The molecule has 0 aliphatic heterocycles. The van der Waals surface area contributed by atoms with Gasteiger partial charge in [-0.2, -0.15) is 0 Å². The average molecular weight is 258 g/mol. The zero-order chi connectivity index (χ0) is 11.8. The molecule has 1 aromatic carbocycles. The van der Waals surface area contributed by atoms with Gasteiger partial charge in [0.25, 0.3) is 0 Å². The number of carbonyl (C=O) groups is 1. The summed E-state index contributed by atoms with van der Waals surface area (Å²) in [5.41, 5.74) is 6.59. The van der Waals surface area contributed by atoms with Crippen LogP contribution < -0.4 is 5.73 Å².